The molecule has 0 aromatic carbocycles. The summed E-state index contributed by atoms with van der Waals surface area (Å²) < 4.78 is 23.3. The number of rotatable bonds is 11. The van der Waals surface area contributed by atoms with Gasteiger partial charge in [0.1, 0.15) is 18.4 Å². The zero-order valence-corrected chi connectivity index (χ0v) is 22.3. The van der Waals surface area contributed by atoms with E-state index in [0.717, 1.165) is 31.6 Å². The molecule has 0 bridgehead atoms. The third-order valence-corrected chi connectivity index (χ3v) is 7.42. The Morgan fingerprint density at radius 3 is 2.76 bits per heavy atom. The molecule has 0 radical (unpaired) electrons. The predicted molar refractivity (Wildman–Crippen MR) is 140 cm³/mol. The van der Waals surface area contributed by atoms with Gasteiger partial charge in [0.25, 0.3) is 0 Å². The van der Waals surface area contributed by atoms with Crippen LogP contribution in [0.15, 0.2) is 30.7 Å². The molecule has 1 atom stereocenters. The van der Waals surface area contributed by atoms with Gasteiger partial charge in [-0.25, -0.2) is 4.98 Å². The van der Waals surface area contributed by atoms with Crippen LogP contribution in [0.4, 0.5) is 5.69 Å². The number of amides is 2. The minimum Gasteiger partial charge on any atom is -0.488 e. The van der Waals surface area contributed by atoms with Crippen LogP contribution in [0.25, 0.3) is 0 Å². The number of aromatic nitrogens is 3. The molecule has 38 heavy (non-hydrogen) atoms. The highest BCUT2D eigenvalue weighted by atomic mass is 16.5. The molecule has 1 N–H and O–H groups in total. The van der Waals surface area contributed by atoms with Crippen molar-refractivity contribution in [3.8, 4) is 11.6 Å². The third kappa shape index (κ3) is 8.42. The van der Waals surface area contributed by atoms with E-state index >= 15 is 0 Å². The third-order valence-electron chi connectivity index (χ3n) is 7.42. The first-order valence-electron chi connectivity index (χ1n) is 13.3. The van der Waals surface area contributed by atoms with Crippen LogP contribution in [0.3, 0.4) is 0 Å². The van der Waals surface area contributed by atoms with Gasteiger partial charge in [0.15, 0.2) is 0 Å². The van der Waals surface area contributed by atoms with E-state index in [0.29, 0.717) is 49.3 Å². The smallest absolute Gasteiger partial charge is 0.244 e. The Labute approximate surface area is 223 Å². The topological polar surface area (TPSA) is 117 Å². The van der Waals surface area contributed by atoms with E-state index in [1.165, 1.54) is 36.6 Å². The maximum Gasteiger partial charge on any atom is 0.244 e. The molecular weight excluding hydrogens is 490 g/mol. The Morgan fingerprint density at radius 1 is 1.26 bits per heavy atom. The monoisotopic (exact) mass is 529 g/mol. The average Bonchev–Trinajstić information content (AvgIpc) is 3.26. The lowest BCUT2D eigenvalue weighted by Gasteiger charge is -2.29. The fraction of sp³-hybridized carbons (Fsp3) is 0.630. The molecule has 1 saturated heterocycles. The number of pyridine rings is 1. The zero-order chi connectivity index (χ0) is 26.8. The second-order valence-electron chi connectivity index (χ2n) is 10.2. The number of carbonyl (C=O) groups is 2. The number of likely N-dealkylation sites (N-methyl/N-ethyl adjacent to an activating group) is 1. The van der Waals surface area contributed by atoms with Crippen LogP contribution in [0.5, 0.6) is 11.6 Å². The van der Waals surface area contributed by atoms with Crippen LogP contribution < -0.4 is 14.8 Å². The summed E-state index contributed by atoms with van der Waals surface area (Å²) in [6, 6.07) is 3.60. The lowest BCUT2D eigenvalue weighted by molar-refractivity contribution is -0.131. The van der Waals surface area contributed by atoms with Gasteiger partial charge in [-0.15, -0.1) is 0 Å². The molecular formula is C27H39N5O6. The van der Waals surface area contributed by atoms with Crippen LogP contribution >= 0.6 is 0 Å². The highest BCUT2D eigenvalue weighted by Crippen LogP contribution is 2.56. The second-order valence-corrected chi connectivity index (χ2v) is 10.2. The number of nitrogens with one attached hydrogen (secondary N) is 1. The average molecular weight is 530 g/mol. The molecule has 2 amide bonds. The summed E-state index contributed by atoms with van der Waals surface area (Å²) in [5.41, 5.74) is 1.27. The van der Waals surface area contributed by atoms with Gasteiger partial charge in [0, 0.05) is 38.5 Å². The van der Waals surface area contributed by atoms with Gasteiger partial charge in [-0.05, 0) is 50.0 Å². The molecule has 2 aliphatic carbocycles. The molecule has 2 aromatic rings. The Hall–Kier alpha value is -3.18. The Kier molecular flexibility index (Phi) is 9.94. The highest BCUT2D eigenvalue weighted by Gasteiger charge is 2.44. The molecule has 3 heterocycles. The Balaban J connectivity index is 0.000000204. The first-order valence-corrected chi connectivity index (χ1v) is 13.3. The van der Waals surface area contributed by atoms with Crippen LogP contribution in [0, 0.1) is 5.41 Å². The molecule has 3 fully saturated rings. The minimum absolute atomic E-state index is 0.0278. The molecule has 11 nitrogen and oxygen atoms in total. The van der Waals surface area contributed by atoms with Crippen molar-refractivity contribution in [2.24, 2.45) is 5.41 Å². The summed E-state index contributed by atoms with van der Waals surface area (Å²) in [4.78, 5) is 28.2. The van der Waals surface area contributed by atoms with E-state index in [1.54, 1.807) is 37.5 Å². The fourth-order valence-electron chi connectivity index (χ4n) is 4.75. The van der Waals surface area contributed by atoms with Crippen molar-refractivity contribution in [2.75, 3.05) is 45.8 Å². The van der Waals surface area contributed by atoms with Crippen LogP contribution in [0.2, 0.25) is 0 Å². The normalized spacial score (nSPS) is 19.8. The maximum absolute atomic E-state index is 12.2. The van der Waals surface area contributed by atoms with Gasteiger partial charge in [0.05, 0.1) is 44.9 Å². The quantitative estimate of drug-likeness (QED) is 0.442. The first-order chi connectivity index (χ1) is 18.5. The SMILES string of the molecule is CN(CCOC1CCC2(CC1)CC2)C(=O)Cn1cc(NC=O)cn1.COc1cc(OC2CCOC2)ccn1. The summed E-state index contributed by atoms with van der Waals surface area (Å²) in [5.74, 6) is 1.33. The van der Waals surface area contributed by atoms with E-state index < -0.39 is 0 Å². The number of anilines is 1. The minimum atomic E-state index is -0.0278. The van der Waals surface area contributed by atoms with Crippen molar-refractivity contribution in [3.05, 3.63) is 30.7 Å². The largest absolute Gasteiger partial charge is 0.488 e. The van der Waals surface area contributed by atoms with Crippen molar-refractivity contribution in [1.82, 2.24) is 19.7 Å². The Bertz CT molecular complexity index is 1030. The van der Waals surface area contributed by atoms with Gasteiger partial charge in [-0.2, -0.15) is 5.10 Å². The summed E-state index contributed by atoms with van der Waals surface area (Å²) >= 11 is 0. The fourth-order valence-corrected chi connectivity index (χ4v) is 4.75. The van der Waals surface area contributed by atoms with Crippen LogP contribution in [-0.4, -0.2) is 84.7 Å². The highest BCUT2D eigenvalue weighted by molar-refractivity contribution is 5.76. The molecule has 11 heteroatoms. The molecule has 1 unspecified atom stereocenters. The lowest BCUT2D eigenvalue weighted by atomic mass is 9.85. The first kappa shape index (κ1) is 27.8. The van der Waals surface area contributed by atoms with E-state index in [9.17, 15) is 9.59 Å². The van der Waals surface area contributed by atoms with Crippen LogP contribution in [-0.2, 0) is 25.6 Å². The summed E-state index contributed by atoms with van der Waals surface area (Å²) in [6.07, 6.45) is 14.7. The van der Waals surface area contributed by atoms with Gasteiger partial charge in [-0.1, -0.05) is 0 Å². The van der Waals surface area contributed by atoms with E-state index in [2.05, 4.69) is 15.4 Å². The summed E-state index contributed by atoms with van der Waals surface area (Å²) in [7, 11) is 3.37. The standard InChI is InChI=1S/C17H26N4O3.C10H13NO3/c1-20(16(23)12-21-11-14(10-19-21)18-13-22)8-9-24-15-2-4-17(5-3-15)6-7-17;1-12-10-6-8(2-4-11-10)14-9-3-5-13-7-9/h10-11,13,15H,2-9,12H2,1H3,(H,18,22);2,4,6,9H,3,5,7H2,1H3. The van der Waals surface area contributed by atoms with Gasteiger partial charge in [0.2, 0.25) is 18.2 Å². The number of hydrogen-bond acceptors (Lipinski definition) is 8. The number of hydrogen-bond donors (Lipinski definition) is 1. The molecule has 2 aromatic heterocycles. The molecule has 3 aliphatic rings. The molecule has 1 spiro atoms. The van der Waals surface area contributed by atoms with Crippen molar-refractivity contribution in [3.63, 3.8) is 0 Å². The van der Waals surface area contributed by atoms with Crippen molar-refractivity contribution in [2.45, 2.75) is 63.7 Å². The van der Waals surface area contributed by atoms with Gasteiger partial charge in [-0.3, -0.25) is 14.3 Å². The van der Waals surface area contributed by atoms with Crippen molar-refractivity contribution in [1.29, 1.82) is 0 Å². The van der Waals surface area contributed by atoms with Crippen molar-refractivity contribution < 1.29 is 28.5 Å². The predicted octanol–water partition coefficient (Wildman–Crippen LogP) is 2.91. The van der Waals surface area contributed by atoms with E-state index in [1.807, 2.05) is 6.07 Å². The van der Waals surface area contributed by atoms with E-state index in [4.69, 9.17) is 18.9 Å². The van der Waals surface area contributed by atoms with Crippen LogP contribution in [0.1, 0.15) is 44.9 Å². The summed E-state index contributed by atoms with van der Waals surface area (Å²) in [6.45, 7) is 2.78. The summed E-state index contributed by atoms with van der Waals surface area (Å²) in [5, 5.41) is 6.55. The molecule has 1 aliphatic heterocycles. The maximum atomic E-state index is 12.2. The second kappa shape index (κ2) is 13.6. The number of methoxy groups -OCH3 is 1. The molecule has 208 valence electrons. The number of ether oxygens (including phenoxy) is 4. The zero-order valence-electron chi connectivity index (χ0n) is 22.3. The van der Waals surface area contributed by atoms with Gasteiger partial charge < -0.3 is 29.2 Å². The number of nitrogens with zero attached hydrogens (tertiary/aromatic N) is 4. The number of carbonyl (C=O) groups excluding carboxylic acids is 2. The lowest BCUT2D eigenvalue weighted by Crippen LogP contribution is -2.34. The Morgan fingerprint density at radius 2 is 2.08 bits per heavy atom. The van der Waals surface area contributed by atoms with Gasteiger partial charge >= 0.3 is 0 Å². The molecule has 2 saturated carbocycles. The molecule has 5 rings (SSSR count). The van der Waals surface area contributed by atoms with Crippen molar-refractivity contribution >= 4 is 18.0 Å². The van der Waals surface area contributed by atoms with E-state index in [-0.39, 0.29) is 18.6 Å².